The fraction of sp³-hybridized carbons (Fsp3) is 0.375. The third kappa shape index (κ3) is 3.18. The lowest BCUT2D eigenvalue weighted by Crippen LogP contribution is -2.40. The highest BCUT2D eigenvalue weighted by atomic mass is 79.9. The van der Waals surface area contributed by atoms with E-state index in [0.717, 1.165) is 33.9 Å². The van der Waals surface area contributed by atoms with Crippen molar-refractivity contribution in [1.82, 2.24) is 4.98 Å². The standard InChI is InChI=1S/C16H17BrN2O2/c1-2-21-16(20)12-6-14(7-12)19-15-8-11-5-13(17)4-3-10(11)9-18-15/h3-5,8-9,12,14H,2,6-7H2,1H3,(H,18,19). The molecule has 0 aliphatic heterocycles. The number of rotatable bonds is 4. The van der Waals surface area contributed by atoms with Crippen molar-refractivity contribution in [2.24, 2.45) is 5.92 Å². The Morgan fingerprint density at radius 2 is 2.19 bits per heavy atom. The Balaban J connectivity index is 1.63. The Labute approximate surface area is 132 Å². The summed E-state index contributed by atoms with van der Waals surface area (Å²) in [5.74, 6) is 0.816. The number of anilines is 1. The molecule has 1 aliphatic carbocycles. The monoisotopic (exact) mass is 348 g/mol. The molecular formula is C16H17BrN2O2. The van der Waals surface area contributed by atoms with Crippen LogP contribution < -0.4 is 5.32 Å². The molecule has 0 bridgehead atoms. The molecule has 3 rings (SSSR count). The van der Waals surface area contributed by atoms with E-state index in [1.165, 1.54) is 0 Å². The van der Waals surface area contributed by atoms with E-state index in [0.29, 0.717) is 12.6 Å². The van der Waals surface area contributed by atoms with Crippen molar-refractivity contribution in [2.45, 2.75) is 25.8 Å². The first-order chi connectivity index (χ1) is 10.2. The van der Waals surface area contributed by atoms with E-state index >= 15 is 0 Å². The summed E-state index contributed by atoms with van der Waals surface area (Å²) in [6.45, 7) is 2.29. The van der Waals surface area contributed by atoms with Gasteiger partial charge in [0.25, 0.3) is 0 Å². The molecule has 0 atom stereocenters. The molecule has 110 valence electrons. The first-order valence-corrected chi connectivity index (χ1v) is 7.93. The van der Waals surface area contributed by atoms with Crippen LogP contribution in [0, 0.1) is 5.92 Å². The van der Waals surface area contributed by atoms with Crippen molar-refractivity contribution in [3.8, 4) is 0 Å². The van der Waals surface area contributed by atoms with Gasteiger partial charge in [0.05, 0.1) is 12.5 Å². The number of fused-ring (bicyclic) bond motifs is 1. The van der Waals surface area contributed by atoms with Gasteiger partial charge in [-0.05, 0) is 43.4 Å². The fourth-order valence-corrected chi connectivity index (χ4v) is 2.97. The zero-order valence-corrected chi connectivity index (χ0v) is 13.4. The molecule has 1 aromatic heterocycles. The summed E-state index contributed by atoms with van der Waals surface area (Å²) in [6.07, 6.45) is 3.50. The minimum absolute atomic E-state index is 0.0389. The summed E-state index contributed by atoms with van der Waals surface area (Å²) < 4.78 is 6.08. The van der Waals surface area contributed by atoms with Crippen molar-refractivity contribution in [1.29, 1.82) is 0 Å². The molecule has 21 heavy (non-hydrogen) atoms. The van der Waals surface area contributed by atoms with E-state index in [1.807, 2.05) is 31.3 Å². The van der Waals surface area contributed by atoms with Gasteiger partial charge in [-0.2, -0.15) is 0 Å². The highest BCUT2D eigenvalue weighted by molar-refractivity contribution is 9.10. The molecule has 1 aliphatic rings. The maximum Gasteiger partial charge on any atom is 0.309 e. The molecular weight excluding hydrogens is 332 g/mol. The number of aromatic nitrogens is 1. The van der Waals surface area contributed by atoms with Crippen LogP contribution in [0.1, 0.15) is 19.8 Å². The number of nitrogens with zero attached hydrogens (tertiary/aromatic N) is 1. The Morgan fingerprint density at radius 3 is 2.95 bits per heavy atom. The molecule has 0 spiro atoms. The SMILES string of the molecule is CCOC(=O)C1CC(Nc2cc3cc(Br)ccc3cn2)C1. The molecule has 4 nitrogen and oxygen atoms in total. The third-order valence-corrected chi connectivity index (χ3v) is 4.29. The van der Waals surface area contributed by atoms with Crippen LogP contribution in [-0.4, -0.2) is 23.6 Å². The van der Waals surface area contributed by atoms with E-state index in [4.69, 9.17) is 4.74 Å². The predicted octanol–water partition coefficient (Wildman–Crippen LogP) is 3.75. The van der Waals surface area contributed by atoms with Gasteiger partial charge in [0.1, 0.15) is 5.82 Å². The number of carbonyl (C=O) groups is 1. The molecule has 0 unspecified atom stereocenters. The van der Waals surface area contributed by atoms with Crippen molar-refractivity contribution < 1.29 is 9.53 Å². The van der Waals surface area contributed by atoms with Crippen LogP contribution in [-0.2, 0) is 9.53 Å². The maximum atomic E-state index is 11.6. The third-order valence-electron chi connectivity index (χ3n) is 3.79. The second-order valence-electron chi connectivity index (χ2n) is 5.32. The quantitative estimate of drug-likeness (QED) is 0.855. The predicted molar refractivity (Wildman–Crippen MR) is 86.2 cm³/mol. The summed E-state index contributed by atoms with van der Waals surface area (Å²) in [5, 5.41) is 5.64. The van der Waals surface area contributed by atoms with E-state index in [1.54, 1.807) is 0 Å². The van der Waals surface area contributed by atoms with Gasteiger partial charge in [-0.15, -0.1) is 0 Å². The molecule has 0 saturated heterocycles. The first kappa shape index (κ1) is 14.3. The zero-order chi connectivity index (χ0) is 14.8. The minimum atomic E-state index is -0.0778. The Bertz CT molecular complexity index is 668. The van der Waals surface area contributed by atoms with Gasteiger partial charge < -0.3 is 10.1 Å². The lowest BCUT2D eigenvalue weighted by molar-refractivity contribution is -0.151. The van der Waals surface area contributed by atoms with Crippen molar-refractivity contribution in [3.63, 3.8) is 0 Å². The second kappa shape index (κ2) is 6.02. The highest BCUT2D eigenvalue weighted by Crippen LogP contribution is 2.31. The van der Waals surface area contributed by atoms with Gasteiger partial charge in [0.15, 0.2) is 0 Å². The number of esters is 1. The van der Waals surface area contributed by atoms with Crippen molar-refractivity contribution in [3.05, 3.63) is 34.9 Å². The van der Waals surface area contributed by atoms with Gasteiger partial charge in [-0.25, -0.2) is 4.98 Å². The summed E-state index contributed by atoms with van der Waals surface area (Å²) in [4.78, 5) is 16.0. The van der Waals surface area contributed by atoms with Gasteiger partial charge in [0, 0.05) is 22.1 Å². The van der Waals surface area contributed by atoms with Crippen LogP contribution in [0.5, 0.6) is 0 Å². The van der Waals surface area contributed by atoms with Gasteiger partial charge in [-0.3, -0.25) is 4.79 Å². The second-order valence-corrected chi connectivity index (χ2v) is 6.24. The van der Waals surface area contributed by atoms with Crippen LogP contribution >= 0.6 is 15.9 Å². The fourth-order valence-electron chi connectivity index (χ4n) is 2.59. The molecule has 0 amide bonds. The van der Waals surface area contributed by atoms with Crippen LogP contribution in [0.2, 0.25) is 0 Å². The minimum Gasteiger partial charge on any atom is -0.466 e. The lowest BCUT2D eigenvalue weighted by Gasteiger charge is -2.34. The number of nitrogens with one attached hydrogen (secondary N) is 1. The molecule has 1 saturated carbocycles. The van der Waals surface area contributed by atoms with E-state index < -0.39 is 0 Å². The molecule has 1 heterocycles. The Hall–Kier alpha value is -1.62. The number of ether oxygens (including phenoxy) is 1. The van der Waals surface area contributed by atoms with Crippen LogP contribution in [0.4, 0.5) is 5.82 Å². The number of hydrogen-bond donors (Lipinski definition) is 1. The van der Waals surface area contributed by atoms with E-state index in [2.05, 4.69) is 32.3 Å². The molecule has 1 aromatic carbocycles. The molecule has 1 fully saturated rings. The van der Waals surface area contributed by atoms with Gasteiger partial charge in [-0.1, -0.05) is 22.0 Å². The molecule has 1 N–H and O–H groups in total. The summed E-state index contributed by atoms with van der Waals surface area (Å²) in [5.41, 5.74) is 0. The molecule has 2 aromatic rings. The zero-order valence-electron chi connectivity index (χ0n) is 11.8. The number of halogens is 1. The average molecular weight is 349 g/mol. The summed E-state index contributed by atoms with van der Waals surface area (Å²) in [6, 6.07) is 8.46. The van der Waals surface area contributed by atoms with E-state index in [9.17, 15) is 4.79 Å². The number of carbonyl (C=O) groups excluding carboxylic acids is 1. The topological polar surface area (TPSA) is 51.2 Å². The van der Waals surface area contributed by atoms with Crippen LogP contribution in [0.3, 0.4) is 0 Å². The Kier molecular flexibility index (Phi) is 4.10. The number of hydrogen-bond acceptors (Lipinski definition) is 4. The Morgan fingerprint density at radius 1 is 1.38 bits per heavy atom. The molecule has 0 radical (unpaired) electrons. The van der Waals surface area contributed by atoms with Crippen molar-refractivity contribution >= 4 is 38.5 Å². The normalized spacial score (nSPS) is 20.9. The van der Waals surface area contributed by atoms with Gasteiger partial charge in [0.2, 0.25) is 0 Å². The smallest absolute Gasteiger partial charge is 0.309 e. The number of pyridine rings is 1. The van der Waals surface area contributed by atoms with Crippen molar-refractivity contribution in [2.75, 3.05) is 11.9 Å². The summed E-state index contributed by atoms with van der Waals surface area (Å²) >= 11 is 3.48. The first-order valence-electron chi connectivity index (χ1n) is 7.14. The maximum absolute atomic E-state index is 11.6. The largest absolute Gasteiger partial charge is 0.466 e. The van der Waals surface area contributed by atoms with Gasteiger partial charge >= 0.3 is 5.97 Å². The number of benzene rings is 1. The molecule has 5 heteroatoms. The van der Waals surface area contributed by atoms with Crippen LogP contribution in [0.15, 0.2) is 34.9 Å². The average Bonchev–Trinajstić information content (AvgIpc) is 2.42. The highest BCUT2D eigenvalue weighted by Gasteiger charge is 2.35. The van der Waals surface area contributed by atoms with Crippen LogP contribution in [0.25, 0.3) is 10.8 Å². The lowest BCUT2D eigenvalue weighted by atomic mass is 9.80. The van der Waals surface area contributed by atoms with E-state index in [-0.39, 0.29) is 11.9 Å². The summed E-state index contributed by atoms with van der Waals surface area (Å²) in [7, 11) is 0.